The van der Waals surface area contributed by atoms with E-state index >= 15 is 0 Å². The van der Waals surface area contributed by atoms with Crippen LogP contribution in [0.25, 0.3) is 11.0 Å². The number of para-hydroxylation sites is 2. The molecule has 1 N–H and O–H groups in total. The van der Waals surface area contributed by atoms with Gasteiger partial charge in [-0.15, -0.1) is 0 Å². The van der Waals surface area contributed by atoms with Gasteiger partial charge < -0.3 is 9.67 Å². The van der Waals surface area contributed by atoms with Gasteiger partial charge in [-0.25, -0.2) is 4.98 Å². The predicted molar refractivity (Wildman–Crippen MR) is 78.3 cm³/mol. The van der Waals surface area contributed by atoms with Gasteiger partial charge in [-0.05, 0) is 36.8 Å². The van der Waals surface area contributed by atoms with Crippen molar-refractivity contribution in [1.29, 1.82) is 0 Å². The van der Waals surface area contributed by atoms with Crippen molar-refractivity contribution in [3.8, 4) is 0 Å². The normalized spacial score (nSPS) is 12.7. The second kappa shape index (κ2) is 5.43. The van der Waals surface area contributed by atoms with Gasteiger partial charge in [-0.1, -0.05) is 12.1 Å². The quantitative estimate of drug-likeness (QED) is 0.790. The first-order chi connectivity index (χ1) is 9.79. The van der Waals surface area contributed by atoms with E-state index in [2.05, 4.69) is 27.5 Å². The number of benzene rings is 1. The third-order valence-corrected chi connectivity index (χ3v) is 3.52. The summed E-state index contributed by atoms with van der Waals surface area (Å²) in [5.74, 6) is 0.915. The summed E-state index contributed by atoms with van der Waals surface area (Å²) in [5, 5.41) is 10.3. The zero-order valence-electron chi connectivity index (χ0n) is 11.4. The zero-order valence-corrected chi connectivity index (χ0v) is 11.4. The van der Waals surface area contributed by atoms with Crippen LogP contribution in [-0.4, -0.2) is 19.6 Å². The summed E-state index contributed by atoms with van der Waals surface area (Å²) in [6.07, 6.45) is 3.34. The number of aliphatic hydroxyl groups is 1. The Balaban J connectivity index is 1.94. The van der Waals surface area contributed by atoms with Gasteiger partial charge >= 0.3 is 0 Å². The van der Waals surface area contributed by atoms with Crippen molar-refractivity contribution in [1.82, 2.24) is 14.5 Å². The van der Waals surface area contributed by atoms with Crippen LogP contribution in [0.4, 0.5) is 0 Å². The average molecular weight is 267 g/mol. The molecule has 0 aliphatic carbocycles. The van der Waals surface area contributed by atoms with Crippen molar-refractivity contribution >= 4 is 11.0 Å². The Hall–Kier alpha value is -2.20. The Morgan fingerprint density at radius 1 is 1.15 bits per heavy atom. The number of rotatable bonds is 4. The summed E-state index contributed by atoms with van der Waals surface area (Å²) in [6.45, 7) is 2.94. The summed E-state index contributed by atoms with van der Waals surface area (Å²) in [4.78, 5) is 8.61. The molecule has 0 bridgehead atoms. The van der Waals surface area contributed by atoms with Crippen LogP contribution in [0.2, 0.25) is 0 Å². The summed E-state index contributed by atoms with van der Waals surface area (Å²) in [6, 6.07) is 11.7. The Kier molecular flexibility index (Phi) is 3.48. The molecule has 0 spiro atoms. The molecule has 102 valence electrons. The molecule has 3 rings (SSSR count). The SMILES string of the molecule is CCn1c(CC(O)c2ccncc2)nc2ccccc21. The molecule has 20 heavy (non-hydrogen) atoms. The van der Waals surface area contributed by atoms with Gasteiger partial charge in [0.1, 0.15) is 5.82 Å². The van der Waals surface area contributed by atoms with Gasteiger partial charge in [0.05, 0.1) is 17.1 Å². The van der Waals surface area contributed by atoms with Crippen LogP contribution in [-0.2, 0) is 13.0 Å². The molecule has 1 aromatic carbocycles. The van der Waals surface area contributed by atoms with E-state index in [-0.39, 0.29) is 0 Å². The molecule has 0 saturated carbocycles. The van der Waals surface area contributed by atoms with E-state index in [1.807, 2.05) is 30.3 Å². The van der Waals surface area contributed by atoms with Gasteiger partial charge in [-0.3, -0.25) is 4.98 Å². The number of hydrogen-bond donors (Lipinski definition) is 1. The minimum atomic E-state index is -0.555. The molecule has 4 heteroatoms. The molecule has 0 fully saturated rings. The zero-order chi connectivity index (χ0) is 13.9. The van der Waals surface area contributed by atoms with E-state index in [1.54, 1.807) is 12.4 Å². The van der Waals surface area contributed by atoms with Crippen LogP contribution in [0.3, 0.4) is 0 Å². The highest BCUT2D eigenvalue weighted by Gasteiger charge is 2.14. The second-order valence-corrected chi connectivity index (χ2v) is 4.76. The maximum atomic E-state index is 10.3. The fourth-order valence-electron chi connectivity index (χ4n) is 2.51. The Labute approximate surface area is 117 Å². The molecule has 1 atom stereocenters. The first-order valence-corrected chi connectivity index (χ1v) is 6.81. The molecular formula is C16H17N3O. The molecule has 0 saturated heterocycles. The van der Waals surface area contributed by atoms with Gasteiger partial charge in [0, 0.05) is 25.4 Å². The van der Waals surface area contributed by atoms with Crippen molar-refractivity contribution in [2.24, 2.45) is 0 Å². The summed E-state index contributed by atoms with van der Waals surface area (Å²) < 4.78 is 2.15. The van der Waals surface area contributed by atoms with Gasteiger partial charge in [-0.2, -0.15) is 0 Å². The van der Waals surface area contributed by atoms with Crippen molar-refractivity contribution in [3.05, 3.63) is 60.2 Å². The fourth-order valence-corrected chi connectivity index (χ4v) is 2.51. The molecule has 4 nitrogen and oxygen atoms in total. The average Bonchev–Trinajstić information content (AvgIpc) is 2.85. The topological polar surface area (TPSA) is 50.9 Å². The number of hydrogen-bond acceptors (Lipinski definition) is 3. The van der Waals surface area contributed by atoms with Crippen LogP contribution >= 0.6 is 0 Å². The minimum Gasteiger partial charge on any atom is -0.388 e. The maximum Gasteiger partial charge on any atom is 0.112 e. The van der Waals surface area contributed by atoms with E-state index in [9.17, 15) is 5.11 Å². The first kappa shape index (κ1) is 12.8. The van der Waals surface area contributed by atoms with E-state index in [1.165, 1.54) is 0 Å². The first-order valence-electron chi connectivity index (χ1n) is 6.81. The smallest absolute Gasteiger partial charge is 0.112 e. The van der Waals surface area contributed by atoms with E-state index in [0.717, 1.165) is 29.0 Å². The van der Waals surface area contributed by atoms with E-state index in [4.69, 9.17) is 0 Å². The van der Waals surface area contributed by atoms with Crippen molar-refractivity contribution in [3.63, 3.8) is 0 Å². The van der Waals surface area contributed by atoms with Crippen LogP contribution in [0.1, 0.15) is 24.4 Å². The van der Waals surface area contributed by atoms with Crippen LogP contribution in [0.5, 0.6) is 0 Å². The highest BCUT2D eigenvalue weighted by molar-refractivity contribution is 5.75. The highest BCUT2D eigenvalue weighted by atomic mass is 16.3. The second-order valence-electron chi connectivity index (χ2n) is 4.76. The number of nitrogens with zero attached hydrogens (tertiary/aromatic N) is 3. The number of aryl methyl sites for hydroxylation is 1. The molecule has 2 aromatic heterocycles. The van der Waals surface area contributed by atoms with Crippen molar-refractivity contribution in [2.75, 3.05) is 0 Å². The molecule has 0 aliphatic rings. The Morgan fingerprint density at radius 3 is 2.65 bits per heavy atom. The van der Waals surface area contributed by atoms with Crippen LogP contribution < -0.4 is 0 Å². The van der Waals surface area contributed by atoms with Gasteiger partial charge in [0.15, 0.2) is 0 Å². The standard InChI is InChI=1S/C16H17N3O/c1-2-19-14-6-4-3-5-13(14)18-16(19)11-15(20)12-7-9-17-10-8-12/h3-10,15,20H,2,11H2,1H3. The van der Waals surface area contributed by atoms with Crippen molar-refractivity contribution < 1.29 is 5.11 Å². The lowest BCUT2D eigenvalue weighted by Gasteiger charge is -2.11. The minimum absolute atomic E-state index is 0.506. The van der Waals surface area contributed by atoms with Crippen molar-refractivity contribution in [2.45, 2.75) is 26.0 Å². The molecule has 0 amide bonds. The molecule has 2 heterocycles. The number of aliphatic hydroxyl groups excluding tert-OH is 1. The van der Waals surface area contributed by atoms with E-state index in [0.29, 0.717) is 6.42 Å². The lowest BCUT2D eigenvalue weighted by Crippen LogP contribution is -2.08. The lowest BCUT2D eigenvalue weighted by atomic mass is 10.1. The molecule has 0 radical (unpaired) electrons. The highest BCUT2D eigenvalue weighted by Crippen LogP contribution is 2.21. The molecule has 0 aliphatic heterocycles. The monoisotopic (exact) mass is 267 g/mol. The van der Waals surface area contributed by atoms with Crippen LogP contribution in [0, 0.1) is 0 Å². The number of imidazole rings is 1. The fraction of sp³-hybridized carbons (Fsp3) is 0.250. The number of aromatic nitrogens is 3. The third kappa shape index (κ3) is 2.30. The largest absolute Gasteiger partial charge is 0.388 e. The van der Waals surface area contributed by atoms with Gasteiger partial charge in [0.25, 0.3) is 0 Å². The number of fused-ring (bicyclic) bond motifs is 1. The summed E-state index contributed by atoms with van der Waals surface area (Å²) in [5.41, 5.74) is 2.97. The van der Waals surface area contributed by atoms with E-state index < -0.39 is 6.10 Å². The third-order valence-electron chi connectivity index (χ3n) is 3.52. The molecule has 3 aromatic rings. The summed E-state index contributed by atoms with van der Waals surface area (Å²) >= 11 is 0. The summed E-state index contributed by atoms with van der Waals surface area (Å²) in [7, 11) is 0. The maximum absolute atomic E-state index is 10.3. The van der Waals surface area contributed by atoms with Crippen LogP contribution in [0.15, 0.2) is 48.8 Å². The Bertz CT molecular complexity index is 706. The lowest BCUT2D eigenvalue weighted by molar-refractivity contribution is 0.174. The number of pyridine rings is 1. The van der Waals surface area contributed by atoms with Gasteiger partial charge in [0.2, 0.25) is 0 Å². The Morgan fingerprint density at radius 2 is 1.90 bits per heavy atom. The molecule has 1 unspecified atom stereocenters. The molecular weight excluding hydrogens is 250 g/mol. The predicted octanol–water partition coefficient (Wildman–Crippen LogP) is 2.73.